The van der Waals surface area contributed by atoms with Crippen LogP contribution in [0.15, 0.2) is 24.3 Å². The van der Waals surface area contributed by atoms with E-state index in [9.17, 15) is 9.59 Å². The normalized spacial score (nSPS) is 19.3. The van der Waals surface area contributed by atoms with Crippen LogP contribution in [0.5, 0.6) is 0 Å². The first-order valence-electron chi connectivity index (χ1n) is 5.22. The van der Waals surface area contributed by atoms with Crippen molar-refractivity contribution in [2.75, 3.05) is 5.32 Å². The Morgan fingerprint density at radius 2 is 2.06 bits per heavy atom. The van der Waals surface area contributed by atoms with Crippen molar-refractivity contribution in [2.45, 2.75) is 25.9 Å². The lowest BCUT2D eigenvalue weighted by Crippen LogP contribution is -2.27. The van der Waals surface area contributed by atoms with E-state index in [2.05, 4.69) is 5.32 Å². The summed E-state index contributed by atoms with van der Waals surface area (Å²) in [6, 6.07) is 7.47. The highest BCUT2D eigenvalue weighted by Crippen LogP contribution is 2.16. The third-order valence-corrected chi connectivity index (χ3v) is 2.50. The summed E-state index contributed by atoms with van der Waals surface area (Å²) >= 11 is 0. The molecule has 1 aliphatic heterocycles. The fourth-order valence-corrected chi connectivity index (χ4v) is 1.57. The van der Waals surface area contributed by atoms with Crippen molar-refractivity contribution in [3.63, 3.8) is 0 Å². The van der Waals surface area contributed by atoms with Gasteiger partial charge in [0.2, 0.25) is 0 Å². The summed E-state index contributed by atoms with van der Waals surface area (Å²) in [6.45, 7) is 1.98. The molecule has 84 valence electrons. The number of hydrogen-bond acceptors (Lipinski definition) is 3. The second-order valence-corrected chi connectivity index (χ2v) is 3.87. The second-order valence-electron chi connectivity index (χ2n) is 3.87. The number of esters is 1. The Hall–Kier alpha value is -1.84. The number of ether oxygens (including phenoxy) is 1. The molecule has 1 aliphatic rings. The molecule has 0 aliphatic carbocycles. The maximum atomic E-state index is 11.7. The van der Waals surface area contributed by atoms with Gasteiger partial charge in [-0.3, -0.25) is 9.59 Å². The van der Waals surface area contributed by atoms with Crippen LogP contribution in [0.3, 0.4) is 0 Å². The van der Waals surface area contributed by atoms with Crippen LogP contribution in [0.1, 0.15) is 18.4 Å². The Morgan fingerprint density at radius 1 is 1.38 bits per heavy atom. The number of anilines is 1. The minimum Gasteiger partial charge on any atom is -0.452 e. The predicted molar refractivity (Wildman–Crippen MR) is 58.9 cm³/mol. The summed E-state index contributed by atoms with van der Waals surface area (Å²) in [5.74, 6) is -0.557. The molecule has 1 saturated heterocycles. The second kappa shape index (κ2) is 4.35. The van der Waals surface area contributed by atoms with Crippen molar-refractivity contribution in [2.24, 2.45) is 0 Å². The van der Waals surface area contributed by atoms with Gasteiger partial charge in [0.15, 0.2) is 6.10 Å². The van der Waals surface area contributed by atoms with Gasteiger partial charge >= 0.3 is 5.97 Å². The van der Waals surface area contributed by atoms with E-state index in [-0.39, 0.29) is 11.9 Å². The van der Waals surface area contributed by atoms with E-state index in [0.717, 1.165) is 11.3 Å². The van der Waals surface area contributed by atoms with Crippen molar-refractivity contribution in [1.29, 1.82) is 0 Å². The zero-order valence-corrected chi connectivity index (χ0v) is 9.03. The number of hydrogen-bond donors (Lipinski definition) is 1. The van der Waals surface area contributed by atoms with Crippen molar-refractivity contribution < 1.29 is 14.3 Å². The first kappa shape index (κ1) is 10.7. The van der Waals surface area contributed by atoms with Gasteiger partial charge in [-0.05, 0) is 19.1 Å². The van der Waals surface area contributed by atoms with Gasteiger partial charge in [0.05, 0.1) is 0 Å². The summed E-state index contributed by atoms with van der Waals surface area (Å²) in [5, 5.41) is 2.72. The van der Waals surface area contributed by atoms with E-state index >= 15 is 0 Å². The number of carbonyl (C=O) groups is 2. The maximum Gasteiger partial charge on any atom is 0.306 e. The minimum absolute atomic E-state index is 0.255. The van der Waals surface area contributed by atoms with Crippen LogP contribution in [-0.4, -0.2) is 18.0 Å². The number of cyclic esters (lactones) is 1. The minimum atomic E-state index is -0.631. The van der Waals surface area contributed by atoms with Crippen LogP contribution in [0.4, 0.5) is 5.69 Å². The number of benzene rings is 1. The molecular weight excluding hydrogens is 206 g/mol. The molecule has 1 fully saturated rings. The van der Waals surface area contributed by atoms with Crippen LogP contribution < -0.4 is 5.32 Å². The van der Waals surface area contributed by atoms with E-state index < -0.39 is 6.10 Å². The van der Waals surface area contributed by atoms with Crippen LogP contribution in [0.25, 0.3) is 0 Å². The average molecular weight is 219 g/mol. The molecule has 1 N–H and O–H groups in total. The summed E-state index contributed by atoms with van der Waals surface area (Å²) in [4.78, 5) is 22.5. The van der Waals surface area contributed by atoms with Crippen molar-refractivity contribution in [3.8, 4) is 0 Å². The first-order chi connectivity index (χ1) is 7.65. The van der Waals surface area contributed by atoms with Gasteiger partial charge in [0, 0.05) is 18.5 Å². The van der Waals surface area contributed by atoms with Gasteiger partial charge in [-0.2, -0.15) is 0 Å². The Labute approximate surface area is 93.6 Å². The predicted octanol–water partition coefficient (Wildman–Crippen LogP) is 1.64. The Balaban J connectivity index is 1.97. The summed E-state index contributed by atoms with van der Waals surface area (Å²) in [7, 11) is 0. The standard InChI is InChI=1S/C12H13NO3/c1-8-2-4-9(5-3-8)13-12(15)10-6-7-11(14)16-10/h2-5,10H,6-7H2,1H3,(H,13,15). The van der Waals surface area contributed by atoms with Gasteiger partial charge < -0.3 is 10.1 Å². The number of nitrogens with one attached hydrogen (secondary N) is 1. The van der Waals surface area contributed by atoms with E-state index in [1.54, 1.807) is 0 Å². The monoisotopic (exact) mass is 219 g/mol. The molecule has 1 amide bonds. The molecule has 1 heterocycles. The topological polar surface area (TPSA) is 55.4 Å². The van der Waals surface area contributed by atoms with Gasteiger partial charge in [-0.15, -0.1) is 0 Å². The molecule has 0 aromatic heterocycles. The molecular formula is C12H13NO3. The molecule has 1 unspecified atom stereocenters. The number of rotatable bonds is 2. The highest BCUT2D eigenvalue weighted by atomic mass is 16.6. The smallest absolute Gasteiger partial charge is 0.306 e. The molecule has 1 aromatic carbocycles. The van der Waals surface area contributed by atoms with E-state index in [1.165, 1.54) is 0 Å². The molecule has 16 heavy (non-hydrogen) atoms. The molecule has 0 saturated carbocycles. The Morgan fingerprint density at radius 3 is 2.62 bits per heavy atom. The largest absolute Gasteiger partial charge is 0.452 e. The quantitative estimate of drug-likeness (QED) is 0.769. The Kier molecular flexibility index (Phi) is 2.90. The van der Waals surface area contributed by atoms with Crippen molar-refractivity contribution >= 4 is 17.6 Å². The third-order valence-electron chi connectivity index (χ3n) is 2.50. The van der Waals surface area contributed by atoms with E-state index in [1.807, 2.05) is 31.2 Å². The molecule has 2 rings (SSSR count). The lowest BCUT2D eigenvalue weighted by Gasteiger charge is -2.10. The fourth-order valence-electron chi connectivity index (χ4n) is 1.57. The molecule has 0 spiro atoms. The SMILES string of the molecule is Cc1ccc(NC(=O)C2CCC(=O)O2)cc1. The third kappa shape index (κ3) is 2.39. The fraction of sp³-hybridized carbons (Fsp3) is 0.333. The van der Waals surface area contributed by atoms with Crippen LogP contribution in [0, 0.1) is 6.92 Å². The molecule has 1 atom stereocenters. The van der Waals surface area contributed by atoms with E-state index in [4.69, 9.17) is 4.74 Å². The van der Waals surface area contributed by atoms with Gasteiger partial charge in [0.1, 0.15) is 0 Å². The molecule has 4 nitrogen and oxygen atoms in total. The van der Waals surface area contributed by atoms with Crippen molar-refractivity contribution in [3.05, 3.63) is 29.8 Å². The molecule has 0 radical (unpaired) electrons. The van der Waals surface area contributed by atoms with Crippen LogP contribution in [-0.2, 0) is 14.3 Å². The van der Waals surface area contributed by atoms with Gasteiger partial charge in [-0.1, -0.05) is 17.7 Å². The number of aryl methyl sites for hydroxylation is 1. The maximum absolute atomic E-state index is 11.7. The van der Waals surface area contributed by atoms with Crippen LogP contribution >= 0.6 is 0 Å². The summed E-state index contributed by atoms with van der Waals surface area (Å²) in [5.41, 5.74) is 1.85. The molecule has 4 heteroatoms. The average Bonchev–Trinajstić information content (AvgIpc) is 2.68. The highest BCUT2D eigenvalue weighted by Gasteiger charge is 2.29. The summed E-state index contributed by atoms with van der Waals surface area (Å²) < 4.78 is 4.87. The molecule has 1 aromatic rings. The van der Waals surface area contributed by atoms with Crippen molar-refractivity contribution in [1.82, 2.24) is 0 Å². The van der Waals surface area contributed by atoms with Gasteiger partial charge in [-0.25, -0.2) is 0 Å². The van der Waals surface area contributed by atoms with Gasteiger partial charge in [0.25, 0.3) is 5.91 Å². The van der Waals surface area contributed by atoms with E-state index in [0.29, 0.717) is 12.8 Å². The highest BCUT2D eigenvalue weighted by molar-refractivity contribution is 5.96. The Bertz CT molecular complexity index is 411. The number of carbonyl (C=O) groups excluding carboxylic acids is 2. The van der Waals surface area contributed by atoms with Crippen LogP contribution in [0.2, 0.25) is 0 Å². The molecule has 0 bridgehead atoms. The zero-order chi connectivity index (χ0) is 11.5. The lowest BCUT2D eigenvalue weighted by molar-refractivity contribution is -0.146. The lowest BCUT2D eigenvalue weighted by atomic mass is 10.2. The number of amides is 1. The zero-order valence-electron chi connectivity index (χ0n) is 9.03. The first-order valence-corrected chi connectivity index (χ1v) is 5.22. The summed E-state index contributed by atoms with van der Waals surface area (Å²) in [6.07, 6.45) is 0.163.